The van der Waals surface area contributed by atoms with Gasteiger partial charge < -0.3 is 0 Å². The van der Waals surface area contributed by atoms with E-state index in [0.717, 1.165) is 56.0 Å². The number of pyridine rings is 1. The Balaban J connectivity index is 1.41. The van der Waals surface area contributed by atoms with Crippen molar-refractivity contribution in [3.63, 3.8) is 0 Å². The van der Waals surface area contributed by atoms with Gasteiger partial charge in [0.15, 0.2) is 0 Å². The second-order valence-electron chi connectivity index (χ2n) is 11.7. The van der Waals surface area contributed by atoms with Gasteiger partial charge in [-0.3, -0.25) is 9.08 Å². The van der Waals surface area contributed by atoms with Gasteiger partial charge in [-0.1, -0.05) is 103 Å². The summed E-state index contributed by atoms with van der Waals surface area (Å²) in [5.74, 6) is -0.288. The molecule has 8 rings (SSSR count). The van der Waals surface area contributed by atoms with Gasteiger partial charge >= 0.3 is 0 Å². The highest BCUT2D eigenvalue weighted by molar-refractivity contribution is 7.98. The molecule has 3 heterocycles. The van der Waals surface area contributed by atoms with E-state index in [2.05, 4.69) is 131 Å². The molecule has 4 nitrogen and oxygen atoms in total. The summed E-state index contributed by atoms with van der Waals surface area (Å²) in [5, 5.41) is 5.42. The molecule has 0 spiro atoms. The first-order valence-electron chi connectivity index (χ1n) is 15.8. The minimum Gasteiger partial charge on any atom is -0.299 e. The highest BCUT2D eigenvalue weighted by Gasteiger charge is 2.40. The van der Waals surface area contributed by atoms with Gasteiger partial charge in [-0.25, -0.2) is 9.37 Å². The zero-order valence-corrected chi connectivity index (χ0v) is 27.1. The number of aromatic nitrogens is 4. The fourth-order valence-electron chi connectivity index (χ4n) is 6.63. The molecule has 48 heavy (non-hydrogen) atoms. The Bertz CT molecular complexity index is 2220. The molecule has 5 aromatic carbocycles. The van der Waals surface area contributed by atoms with Crippen molar-refractivity contribution in [3.8, 4) is 33.6 Å². The highest BCUT2D eigenvalue weighted by Crippen LogP contribution is 2.43. The summed E-state index contributed by atoms with van der Waals surface area (Å²) in [6.07, 6.45) is 8.26. The number of hydrogen-bond donors (Lipinski definition) is 0. The molecular weight excluding hydrogens is 612 g/mol. The summed E-state index contributed by atoms with van der Waals surface area (Å²) in [4.78, 5) is 5.93. The van der Waals surface area contributed by atoms with Crippen molar-refractivity contribution in [3.05, 3.63) is 193 Å². The molecular formula is C42H31FN4S. The summed E-state index contributed by atoms with van der Waals surface area (Å²) in [6, 6.07) is 50.7. The Morgan fingerprint density at radius 2 is 1.12 bits per heavy atom. The maximum absolute atomic E-state index is 14.2. The Labute approximate surface area is 283 Å². The summed E-state index contributed by atoms with van der Waals surface area (Å²) in [6.45, 7) is 0. The first-order valence-corrected chi connectivity index (χ1v) is 17.0. The number of hydrogen-bond acceptors (Lipinski definition) is 3. The van der Waals surface area contributed by atoms with Gasteiger partial charge in [0.05, 0.1) is 11.9 Å². The molecule has 0 aliphatic carbocycles. The maximum Gasteiger partial charge on any atom is 0.138 e. The number of fused-ring (bicyclic) bond motifs is 1. The van der Waals surface area contributed by atoms with Crippen LogP contribution in [0.15, 0.2) is 175 Å². The Morgan fingerprint density at radius 3 is 1.69 bits per heavy atom. The molecule has 0 amide bonds. The van der Waals surface area contributed by atoms with Crippen molar-refractivity contribution < 1.29 is 4.39 Å². The first kappa shape index (κ1) is 29.7. The smallest absolute Gasteiger partial charge is 0.138 e. The molecule has 3 aromatic heterocycles. The fraction of sp³-hybridized carbons (Fsp3) is 0.0476. The fourth-order valence-corrected chi connectivity index (χ4v) is 7.04. The molecule has 232 valence electrons. The third kappa shape index (κ3) is 5.11. The van der Waals surface area contributed by atoms with Crippen molar-refractivity contribution in [2.75, 3.05) is 6.26 Å². The normalized spacial score (nSPS) is 11.6. The second kappa shape index (κ2) is 12.5. The standard InChI is InChI=1S/C42H31FN4S/c1-48-37-24-19-30(20-25-37)39-27-44-40-26-21-32(28-46(39)40)38-29-47(45-41(38)31-17-22-36(43)23-18-31)42(33-11-5-2-6-12-33,34-13-7-3-8-14-34)35-15-9-4-10-16-35/h2-29H,1H3. The Hall–Kier alpha value is -5.72. The molecule has 0 aliphatic heterocycles. The number of thioether (sulfide) groups is 1. The van der Waals surface area contributed by atoms with Crippen LogP contribution < -0.4 is 0 Å². The van der Waals surface area contributed by atoms with E-state index in [4.69, 9.17) is 10.1 Å². The molecule has 0 saturated carbocycles. The monoisotopic (exact) mass is 642 g/mol. The predicted octanol–water partition coefficient (Wildman–Crippen LogP) is 10.2. The van der Waals surface area contributed by atoms with Gasteiger partial charge in [0.1, 0.15) is 22.7 Å². The van der Waals surface area contributed by atoms with Crippen LogP contribution in [0.2, 0.25) is 0 Å². The molecule has 0 bridgehead atoms. The molecule has 0 fully saturated rings. The Kier molecular flexibility index (Phi) is 7.71. The lowest BCUT2D eigenvalue weighted by atomic mass is 9.77. The largest absolute Gasteiger partial charge is 0.299 e. The summed E-state index contributed by atoms with van der Waals surface area (Å²) in [5.41, 5.74) is 8.83. The van der Waals surface area contributed by atoms with Crippen LogP contribution in [-0.2, 0) is 5.54 Å². The van der Waals surface area contributed by atoms with Gasteiger partial charge in [-0.2, -0.15) is 5.10 Å². The predicted molar refractivity (Wildman–Crippen MR) is 194 cm³/mol. The molecule has 0 atom stereocenters. The van der Waals surface area contributed by atoms with E-state index in [9.17, 15) is 4.39 Å². The van der Waals surface area contributed by atoms with Crippen molar-refractivity contribution >= 4 is 17.4 Å². The van der Waals surface area contributed by atoms with Crippen LogP contribution in [0.4, 0.5) is 4.39 Å². The average Bonchev–Trinajstić information content (AvgIpc) is 3.79. The van der Waals surface area contributed by atoms with Crippen molar-refractivity contribution in [1.29, 1.82) is 0 Å². The van der Waals surface area contributed by atoms with E-state index in [-0.39, 0.29) is 5.82 Å². The molecule has 6 heteroatoms. The van der Waals surface area contributed by atoms with E-state index >= 15 is 0 Å². The molecule has 0 saturated heterocycles. The number of nitrogens with zero attached hydrogens (tertiary/aromatic N) is 4. The highest BCUT2D eigenvalue weighted by atomic mass is 32.2. The minimum atomic E-state index is -0.805. The van der Waals surface area contributed by atoms with Crippen LogP contribution in [-0.4, -0.2) is 25.4 Å². The third-order valence-corrected chi connectivity index (χ3v) is 9.70. The van der Waals surface area contributed by atoms with E-state index in [1.54, 1.807) is 23.9 Å². The van der Waals surface area contributed by atoms with Crippen LogP contribution in [0.1, 0.15) is 16.7 Å². The number of halogens is 1. The Morgan fingerprint density at radius 1 is 0.583 bits per heavy atom. The van der Waals surface area contributed by atoms with Gasteiger partial charge in [-0.05, 0) is 71.5 Å². The van der Waals surface area contributed by atoms with Crippen LogP contribution >= 0.6 is 11.8 Å². The SMILES string of the molecule is CSc1ccc(-c2cnc3ccc(-c4cn(C(c5ccccc5)(c5ccccc5)c5ccccc5)nc4-c4ccc(F)cc4)cn23)cc1. The zero-order chi connectivity index (χ0) is 32.5. The summed E-state index contributed by atoms with van der Waals surface area (Å²) < 4.78 is 18.5. The molecule has 8 aromatic rings. The van der Waals surface area contributed by atoms with Crippen LogP contribution in [0.25, 0.3) is 39.3 Å². The van der Waals surface area contributed by atoms with Gasteiger partial charge in [-0.15, -0.1) is 11.8 Å². The van der Waals surface area contributed by atoms with Crippen molar-refractivity contribution in [2.45, 2.75) is 10.4 Å². The van der Waals surface area contributed by atoms with Crippen LogP contribution in [0.5, 0.6) is 0 Å². The second-order valence-corrected chi connectivity index (χ2v) is 12.5. The number of imidazole rings is 1. The topological polar surface area (TPSA) is 35.1 Å². The lowest BCUT2D eigenvalue weighted by molar-refractivity contribution is 0.461. The maximum atomic E-state index is 14.2. The van der Waals surface area contributed by atoms with E-state index < -0.39 is 5.54 Å². The lowest BCUT2D eigenvalue weighted by Gasteiger charge is -2.36. The molecule has 0 radical (unpaired) electrons. The van der Waals surface area contributed by atoms with Gasteiger partial charge in [0.25, 0.3) is 0 Å². The lowest BCUT2D eigenvalue weighted by Crippen LogP contribution is -2.38. The van der Waals surface area contributed by atoms with Crippen molar-refractivity contribution in [1.82, 2.24) is 19.2 Å². The van der Waals surface area contributed by atoms with Crippen LogP contribution in [0, 0.1) is 5.82 Å². The van der Waals surface area contributed by atoms with Crippen LogP contribution in [0.3, 0.4) is 0 Å². The quantitative estimate of drug-likeness (QED) is 0.122. The van der Waals surface area contributed by atoms with Crippen molar-refractivity contribution in [2.24, 2.45) is 0 Å². The number of rotatable bonds is 8. The number of benzene rings is 5. The molecule has 0 unspecified atom stereocenters. The summed E-state index contributed by atoms with van der Waals surface area (Å²) in [7, 11) is 0. The van der Waals surface area contributed by atoms with Gasteiger partial charge in [0.2, 0.25) is 0 Å². The third-order valence-electron chi connectivity index (χ3n) is 8.95. The zero-order valence-electron chi connectivity index (χ0n) is 26.2. The van der Waals surface area contributed by atoms with E-state index in [1.165, 1.54) is 17.0 Å². The minimum absolute atomic E-state index is 0.288. The van der Waals surface area contributed by atoms with E-state index in [0.29, 0.717) is 0 Å². The van der Waals surface area contributed by atoms with Gasteiger partial charge in [0, 0.05) is 39.5 Å². The average molecular weight is 643 g/mol. The summed E-state index contributed by atoms with van der Waals surface area (Å²) >= 11 is 1.72. The van der Waals surface area contributed by atoms with E-state index in [1.807, 2.05) is 30.5 Å². The molecule has 0 aliphatic rings. The molecule has 0 N–H and O–H groups in total. The first-order chi connectivity index (χ1) is 23.6.